The Morgan fingerprint density at radius 2 is 1.88 bits per heavy atom. The number of amides is 1. The van der Waals surface area contributed by atoms with Crippen molar-refractivity contribution >= 4 is 11.9 Å². The number of aromatic nitrogens is 3. The van der Waals surface area contributed by atoms with Crippen LogP contribution in [0.2, 0.25) is 0 Å². The van der Waals surface area contributed by atoms with Crippen molar-refractivity contribution in [3.05, 3.63) is 71.8 Å². The van der Waals surface area contributed by atoms with Crippen LogP contribution >= 0.6 is 0 Å². The minimum absolute atomic E-state index is 0.0110. The fourth-order valence-corrected chi connectivity index (χ4v) is 2.96. The second kappa shape index (κ2) is 5.81. The van der Waals surface area contributed by atoms with Gasteiger partial charge in [0.05, 0.1) is 12.2 Å². The van der Waals surface area contributed by atoms with E-state index in [1.54, 1.807) is 11.1 Å². The van der Waals surface area contributed by atoms with Gasteiger partial charge in [-0.3, -0.25) is 4.79 Å². The molecule has 24 heavy (non-hydrogen) atoms. The molecule has 0 aliphatic carbocycles. The maximum atomic E-state index is 12.7. The van der Waals surface area contributed by atoms with E-state index in [9.17, 15) is 4.79 Å². The van der Waals surface area contributed by atoms with Gasteiger partial charge in [-0.05, 0) is 48.4 Å². The Kier molecular flexibility index (Phi) is 3.49. The predicted molar refractivity (Wildman–Crippen MR) is 90.7 cm³/mol. The molecule has 0 bridgehead atoms. The van der Waals surface area contributed by atoms with Crippen LogP contribution in [0.25, 0.3) is 5.69 Å². The van der Waals surface area contributed by atoms with Crippen LogP contribution in [0.1, 0.15) is 21.6 Å². The van der Waals surface area contributed by atoms with Crippen LogP contribution in [0.3, 0.4) is 0 Å². The lowest BCUT2D eigenvalue weighted by atomic mass is 10.1. The first-order chi connectivity index (χ1) is 11.7. The molecule has 0 saturated carbocycles. The molecule has 6 nitrogen and oxygen atoms in total. The lowest BCUT2D eigenvalue weighted by molar-refractivity contribution is 0.0731. The van der Waals surface area contributed by atoms with Crippen LogP contribution in [0.15, 0.2) is 55.0 Å². The van der Waals surface area contributed by atoms with E-state index in [-0.39, 0.29) is 11.9 Å². The first kappa shape index (κ1) is 14.4. The van der Waals surface area contributed by atoms with Crippen LogP contribution in [0, 0.1) is 0 Å². The number of carbonyl (C=O) groups excluding carboxylic acids is 1. The molecule has 0 atom stereocenters. The molecule has 4 rings (SSSR count). The van der Waals surface area contributed by atoms with E-state index >= 15 is 0 Å². The van der Waals surface area contributed by atoms with Crippen molar-refractivity contribution in [3.8, 4) is 5.69 Å². The number of hydrogen-bond donors (Lipinski definition) is 1. The molecular weight excluding hydrogens is 302 g/mol. The van der Waals surface area contributed by atoms with Gasteiger partial charge in [-0.1, -0.05) is 0 Å². The van der Waals surface area contributed by atoms with Crippen molar-refractivity contribution in [1.82, 2.24) is 19.4 Å². The van der Waals surface area contributed by atoms with E-state index in [0.29, 0.717) is 18.7 Å². The largest absolute Gasteiger partial charge is 0.368 e. The molecule has 0 unspecified atom stereocenters. The van der Waals surface area contributed by atoms with Gasteiger partial charge < -0.3 is 15.2 Å². The molecule has 0 spiro atoms. The number of rotatable bonds is 2. The highest BCUT2D eigenvalue weighted by Gasteiger charge is 2.23. The van der Waals surface area contributed by atoms with Crippen LogP contribution in [-0.4, -0.2) is 31.9 Å². The number of fused-ring (bicyclic) bond motifs is 1. The quantitative estimate of drug-likeness (QED) is 0.784. The maximum Gasteiger partial charge on any atom is 0.254 e. The Morgan fingerprint density at radius 3 is 2.62 bits per heavy atom. The molecule has 2 N–H and O–H groups in total. The molecule has 1 aliphatic rings. The van der Waals surface area contributed by atoms with E-state index in [0.717, 1.165) is 23.4 Å². The lowest BCUT2D eigenvalue weighted by Crippen LogP contribution is -2.36. The average Bonchev–Trinajstić information content (AvgIpc) is 3.15. The molecule has 0 fully saturated rings. The Morgan fingerprint density at radius 1 is 1.12 bits per heavy atom. The van der Waals surface area contributed by atoms with Gasteiger partial charge in [0.2, 0.25) is 5.95 Å². The summed E-state index contributed by atoms with van der Waals surface area (Å²) in [7, 11) is 0. The average molecular weight is 319 g/mol. The molecule has 120 valence electrons. The minimum atomic E-state index is 0.0110. The molecule has 0 saturated heterocycles. The smallest absolute Gasteiger partial charge is 0.254 e. The topological polar surface area (TPSA) is 77.0 Å². The van der Waals surface area contributed by atoms with Crippen LogP contribution in [0.4, 0.5) is 5.95 Å². The van der Waals surface area contributed by atoms with E-state index in [1.807, 2.05) is 53.4 Å². The van der Waals surface area contributed by atoms with E-state index in [2.05, 4.69) is 9.97 Å². The lowest BCUT2D eigenvalue weighted by Gasteiger charge is -2.28. The number of hydrogen-bond acceptors (Lipinski definition) is 4. The summed E-state index contributed by atoms with van der Waals surface area (Å²) in [6.45, 7) is 1.14. The highest BCUT2D eigenvalue weighted by Crippen LogP contribution is 2.19. The third-order valence-electron chi connectivity index (χ3n) is 4.27. The molecule has 2 aromatic heterocycles. The van der Waals surface area contributed by atoms with Crippen molar-refractivity contribution in [3.63, 3.8) is 0 Å². The van der Waals surface area contributed by atoms with Crippen molar-refractivity contribution in [1.29, 1.82) is 0 Å². The zero-order valence-electron chi connectivity index (χ0n) is 13.1. The minimum Gasteiger partial charge on any atom is -0.368 e. The first-order valence-corrected chi connectivity index (χ1v) is 7.84. The molecular formula is C18H17N5O. The van der Waals surface area contributed by atoms with Gasteiger partial charge in [0.25, 0.3) is 5.91 Å². The number of nitrogens with zero attached hydrogens (tertiary/aromatic N) is 4. The molecule has 6 heteroatoms. The summed E-state index contributed by atoms with van der Waals surface area (Å²) in [6, 6.07) is 11.6. The van der Waals surface area contributed by atoms with Crippen molar-refractivity contribution in [2.24, 2.45) is 0 Å². The number of carbonyl (C=O) groups is 1. The summed E-state index contributed by atoms with van der Waals surface area (Å²) in [6.07, 6.45) is 6.46. The Hall–Kier alpha value is -3.15. The molecule has 1 aromatic carbocycles. The summed E-state index contributed by atoms with van der Waals surface area (Å²) in [5.41, 5.74) is 9.26. The summed E-state index contributed by atoms with van der Waals surface area (Å²) in [4.78, 5) is 22.8. The second-order valence-electron chi connectivity index (χ2n) is 5.81. The second-order valence-corrected chi connectivity index (χ2v) is 5.81. The monoisotopic (exact) mass is 319 g/mol. The highest BCUT2D eigenvalue weighted by molar-refractivity contribution is 5.94. The SMILES string of the molecule is Nc1ncc2c(n1)CN(C(=O)c1ccc(-n3cccc3)cc1)CC2. The molecule has 1 amide bonds. The van der Waals surface area contributed by atoms with E-state index < -0.39 is 0 Å². The van der Waals surface area contributed by atoms with Crippen molar-refractivity contribution < 1.29 is 4.79 Å². The molecule has 0 radical (unpaired) electrons. The first-order valence-electron chi connectivity index (χ1n) is 7.84. The number of nitrogen functional groups attached to an aromatic ring is 1. The highest BCUT2D eigenvalue weighted by atomic mass is 16.2. The molecule has 1 aliphatic heterocycles. The number of benzene rings is 1. The van der Waals surface area contributed by atoms with E-state index in [4.69, 9.17) is 5.73 Å². The molecule has 3 heterocycles. The van der Waals surface area contributed by atoms with Gasteiger partial charge in [-0.15, -0.1) is 0 Å². The Balaban J connectivity index is 1.54. The summed E-state index contributed by atoms with van der Waals surface area (Å²) >= 11 is 0. The van der Waals surface area contributed by atoms with Gasteiger partial charge in [-0.25, -0.2) is 9.97 Å². The summed E-state index contributed by atoms with van der Waals surface area (Å²) in [5.74, 6) is 0.260. The third kappa shape index (κ3) is 2.62. The Bertz CT molecular complexity index is 871. The van der Waals surface area contributed by atoms with Crippen LogP contribution in [-0.2, 0) is 13.0 Å². The zero-order chi connectivity index (χ0) is 16.5. The third-order valence-corrected chi connectivity index (χ3v) is 4.27. The summed E-state index contributed by atoms with van der Waals surface area (Å²) in [5, 5.41) is 0. The van der Waals surface area contributed by atoms with Crippen LogP contribution < -0.4 is 5.73 Å². The number of nitrogens with two attached hydrogens (primary N) is 1. The summed E-state index contributed by atoms with van der Waals surface area (Å²) < 4.78 is 2.01. The van der Waals surface area contributed by atoms with Crippen LogP contribution in [0.5, 0.6) is 0 Å². The van der Waals surface area contributed by atoms with E-state index in [1.165, 1.54) is 0 Å². The van der Waals surface area contributed by atoms with Gasteiger partial charge in [0.1, 0.15) is 0 Å². The molecule has 3 aromatic rings. The van der Waals surface area contributed by atoms with Gasteiger partial charge in [-0.2, -0.15) is 0 Å². The van der Waals surface area contributed by atoms with Gasteiger partial charge in [0, 0.05) is 36.4 Å². The van der Waals surface area contributed by atoms with Crippen molar-refractivity contribution in [2.45, 2.75) is 13.0 Å². The van der Waals surface area contributed by atoms with Gasteiger partial charge >= 0.3 is 0 Å². The van der Waals surface area contributed by atoms with Crippen molar-refractivity contribution in [2.75, 3.05) is 12.3 Å². The van der Waals surface area contributed by atoms with Gasteiger partial charge in [0.15, 0.2) is 0 Å². The predicted octanol–water partition coefficient (Wildman–Crippen LogP) is 2.05. The zero-order valence-corrected chi connectivity index (χ0v) is 13.1. The standard InChI is InChI=1S/C18H17N5O/c19-18-20-11-14-7-10-23(12-16(14)21-18)17(24)13-3-5-15(6-4-13)22-8-1-2-9-22/h1-6,8-9,11H,7,10,12H2,(H2,19,20,21). The maximum absolute atomic E-state index is 12.7. The fourth-order valence-electron chi connectivity index (χ4n) is 2.96. The number of anilines is 1. The normalized spacial score (nSPS) is 13.6. The Labute approximate surface area is 139 Å². The fraction of sp³-hybridized carbons (Fsp3) is 0.167.